The summed E-state index contributed by atoms with van der Waals surface area (Å²) in [6.07, 6.45) is 0. The van der Waals surface area contributed by atoms with Gasteiger partial charge in [-0.25, -0.2) is 0 Å². The molecule has 0 spiro atoms. The van der Waals surface area contributed by atoms with Crippen molar-refractivity contribution in [1.29, 1.82) is 0 Å². The van der Waals surface area contributed by atoms with E-state index in [1.807, 2.05) is 0 Å². The molecule has 0 heterocycles. The van der Waals surface area contributed by atoms with Gasteiger partial charge in [-0.3, -0.25) is 0 Å². The number of phosphoric acid groups is 2. The van der Waals surface area contributed by atoms with E-state index in [0.29, 0.717) is 0 Å². The summed E-state index contributed by atoms with van der Waals surface area (Å²) < 4.78 is 17.2. The zero-order valence-corrected chi connectivity index (χ0v) is 19.3. The van der Waals surface area contributed by atoms with Crippen LogP contribution in [0.2, 0.25) is 0 Å². The molecule has 0 unspecified atom stereocenters. The Morgan fingerprint density at radius 1 is 0.846 bits per heavy atom. The summed E-state index contributed by atoms with van der Waals surface area (Å²) in [6, 6.07) is 0. The molecule has 0 aliphatic carbocycles. The van der Waals surface area contributed by atoms with Gasteiger partial charge in [-0.15, -0.1) is 0 Å². The van der Waals surface area contributed by atoms with Gasteiger partial charge in [0.1, 0.15) is 0 Å². The Kier molecular flexibility index (Phi) is 33.7. The number of hydrogen-bond acceptors (Lipinski definition) is 7. The van der Waals surface area contributed by atoms with Gasteiger partial charge in [0.25, 0.3) is 0 Å². The first-order valence-electron chi connectivity index (χ1n) is 1.48. The van der Waals surface area contributed by atoms with E-state index >= 15 is 0 Å². The maximum absolute atomic E-state index is 8.66. The van der Waals surface area contributed by atoms with Gasteiger partial charge in [-0.1, -0.05) is 0 Å². The zero-order valence-electron chi connectivity index (χ0n) is 6.61. The van der Waals surface area contributed by atoms with Crippen molar-refractivity contribution in [2.24, 2.45) is 0 Å². The number of hydrogen-bond donors (Lipinski definition) is 1. The van der Waals surface area contributed by atoms with Crippen molar-refractivity contribution in [2.45, 2.75) is 0 Å². The van der Waals surface area contributed by atoms with Crippen molar-refractivity contribution in [2.75, 3.05) is 0 Å². The molecule has 0 bridgehead atoms. The minimum atomic E-state index is -5.39. The molecule has 64 valence electrons. The number of rotatable bonds is 0. The molecule has 1 N–H and O–H groups in total. The summed E-state index contributed by atoms with van der Waals surface area (Å²) in [5.41, 5.74) is 0. The summed E-state index contributed by atoms with van der Waals surface area (Å²) in [5.74, 6) is 0. The summed E-state index contributed by atoms with van der Waals surface area (Å²) in [4.78, 5) is 49.9. The smallest absolute Gasteiger partial charge is 0.822 e. The molecule has 0 fully saturated rings. The molecule has 0 amide bonds. The van der Waals surface area contributed by atoms with Crippen LogP contribution in [0.25, 0.3) is 0 Å². The standard InChI is InChI=1S/2Ba.Na.2H3O4P/c;;;2*1-5(2,3)4/h;;;2*(H3,1,2,3,4)/q2*+2;+1;;/p-5. The van der Waals surface area contributed by atoms with Gasteiger partial charge in [-0.05, 0) is 0 Å². The van der Waals surface area contributed by atoms with Gasteiger partial charge in [0, 0.05) is 0 Å². The predicted octanol–water partition coefficient (Wildman–Crippen LogP) is -8.77. The van der Waals surface area contributed by atoms with Crippen LogP contribution in [-0.4, -0.2) is 103 Å². The Labute approximate surface area is 177 Å². The molecular weight excluding hydrogens is 488 g/mol. The summed E-state index contributed by atoms with van der Waals surface area (Å²) in [5, 5.41) is 0. The molecule has 13 heteroatoms. The van der Waals surface area contributed by atoms with Crippen LogP contribution in [0.4, 0.5) is 0 Å². The predicted molar refractivity (Wildman–Crippen MR) is 28.9 cm³/mol. The SMILES string of the molecule is O=P([O-])([O-])O.O=P([O-])([O-])[O-].[Ba+2].[Ba+2].[Na+]. The molecule has 0 aliphatic heterocycles. The average molecular weight is 489 g/mol. The summed E-state index contributed by atoms with van der Waals surface area (Å²) >= 11 is 0. The Bertz CT molecular complexity index is 132. The minimum Gasteiger partial charge on any atom is -0.822 e. The molecule has 8 nitrogen and oxygen atoms in total. The van der Waals surface area contributed by atoms with E-state index in [4.69, 9.17) is 38.5 Å². The normalized spacial score (nSPS) is 9.08. The van der Waals surface area contributed by atoms with Crippen molar-refractivity contribution < 1.29 is 68.0 Å². The van der Waals surface area contributed by atoms with E-state index in [2.05, 4.69) is 0 Å². The Morgan fingerprint density at radius 2 is 0.846 bits per heavy atom. The third kappa shape index (κ3) is 177. The fourth-order valence-electron chi connectivity index (χ4n) is 0. The average Bonchev–Trinajstić information content (AvgIpc) is 1.12. The van der Waals surface area contributed by atoms with Crippen LogP contribution in [0, 0.1) is 0 Å². The van der Waals surface area contributed by atoms with Crippen molar-refractivity contribution in [3.63, 3.8) is 0 Å². The third-order valence-corrected chi connectivity index (χ3v) is 0. The second-order valence-corrected chi connectivity index (χ2v) is 2.75. The van der Waals surface area contributed by atoms with Gasteiger partial charge in [0.15, 0.2) is 0 Å². The molecule has 0 aromatic heterocycles. The Balaban J connectivity index is -0.0000000267. The van der Waals surface area contributed by atoms with Crippen LogP contribution in [-0.2, 0) is 9.13 Å². The van der Waals surface area contributed by atoms with Crippen LogP contribution < -0.4 is 54.0 Å². The van der Waals surface area contributed by atoms with E-state index in [-0.39, 0.29) is 127 Å². The molecular formula is HBa2NaO8P2. The largest absolute Gasteiger partial charge is 2.00 e. The maximum atomic E-state index is 8.66. The second kappa shape index (κ2) is 14.4. The van der Waals surface area contributed by atoms with Crippen molar-refractivity contribution in [3.8, 4) is 0 Å². The molecule has 0 atom stereocenters. The van der Waals surface area contributed by atoms with Crippen molar-refractivity contribution in [3.05, 3.63) is 0 Å². The molecule has 0 radical (unpaired) electrons. The van der Waals surface area contributed by atoms with E-state index < -0.39 is 15.6 Å². The van der Waals surface area contributed by atoms with Crippen molar-refractivity contribution in [1.82, 2.24) is 0 Å². The van der Waals surface area contributed by atoms with Crippen LogP contribution in [0.1, 0.15) is 0 Å². The van der Waals surface area contributed by atoms with Gasteiger partial charge in [-0.2, -0.15) is 7.82 Å². The molecule has 0 rings (SSSR count). The topological polar surface area (TPSA) is 170 Å². The summed E-state index contributed by atoms with van der Waals surface area (Å²) in [7, 11) is -10.5. The molecule has 0 saturated heterocycles. The van der Waals surface area contributed by atoms with Crippen LogP contribution in [0.15, 0.2) is 0 Å². The first-order chi connectivity index (χ1) is 4.00. The van der Waals surface area contributed by atoms with Gasteiger partial charge < -0.3 is 38.5 Å². The van der Waals surface area contributed by atoms with Gasteiger partial charge >= 0.3 is 127 Å². The zero-order chi connectivity index (χ0) is 9.00. The first kappa shape index (κ1) is 30.4. The quantitative estimate of drug-likeness (QED) is 0.259. The molecule has 13 heavy (non-hydrogen) atoms. The maximum Gasteiger partial charge on any atom is 2.00 e. The molecule has 0 aromatic rings. The fraction of sp³-hybridized carbons (Fsp3) is 0. The van der Waals surface area contributed by atoms with E-state index in [0.717, 1.165) is 0 Å². The second-order valence-electron chi connectivity index (χ2n) is 0.916. The summed E-state index contributed by atoms with van der Waals surface area (Å²) in [6.45, 7) is 0. The van der Waals surface area contributed by atoms with Crippen molar-refractivity contribution >= 4 is 113 Å². The van der Waals surface area contributed by atoms with E-state index in [1.165, 1.54) is 0 Å². The monoisotopic (exact) mass is 490 g/mol. The Morgan fingerprint density at radius 3 is 0.846 bits per heavy atom. The molecule has 0 aromatic carbocycles. The molecule has 0 aliphatic rings. The van der Waals surface area contributed by atoms with Gasteiger partial charge in [0.2, 0.25) is 0 Å². The molecule has 0 saturated carbocycles. The van der Waals surface area contributed by atoms with E-state index in [1.54, 1.807) is 0 Å². The van der Waals surface area contributed by atoms with Crippen LogP contribution in [0.3, 0.4) is 0 Å². The minimum absolute atomic E-state index is 0. The van der Waals surface area contributed by atoms with Crippen LogP contribution in [0.5, 0.6) is 0 Å². The third-order valence-electron chi connectivity index (χ3n) is 0. The fourth-order valence-corrected chi connectivity index (χ4v) is 0. The first-order valence-corrected chi connectivity index (χ1v) is 4.43. The van der Waals surface area contributed by atoms with Crippen LogP contribution >= 0.6 is 15.6 Å². The Hall–Kier alpha value is 4.36. The van der Waals surface area contributed by atoms with Gasteiger partial charge in [0.05, 0.1) is 7.82 Å². The van der Waals surface area contributed by atoms with E-state index in [9.17, 15) is 0 Å².